The van der Waals surface area contributed by atoms with Crippen molar-refractivity contribution < 1.29 is 14.7 Å². The van der Waals surface area contributed by atoms with E-state index in [4.69, 9.17) is 21.2 Å². The predicted molar refractivity (Wildman–Crippen MR) is 135 cm³/mol. The number of piperazine rings is 1. The number of hydroxylamine groups is 1. The van der Waals surface area contributed by atoms with Crippen molar-refractivity contribution in [2.24, 2.45) is 0 Å². The molecule has 1 aromatic heterocycles. The number of fused-ring (bicyclic) bond motifs is 1. The van der Waals surface area contributed by atoms with Gasteiger partial charge in [0.05, 0.1) is 20.9 Å². The molecule has 1 fully saturated rings. The van der Waals surface area contributed by atoms with E-state index in [2.05, 4.69) is 26.3 Å². The first-order valence-corrected chi connectivity index (χ1v) is 12.7. The quantitative estimate of drug-likeness (QED) is 0.488. The summed E-state index contributed by atoms with van der Waals surface area (Å²) in [6, 6.07) is 13.7. The van der Waals surface area contributed by atoms with Crippen LogP contribution < -0.4 is 10.2 Å². The minimum absolute atomic E-state index is 0.166. The van der Waals surface area contributed by atoms with Crippen molar-refractivity contribution in [3.05, 3.63) is 69.8 Å². The van der Waals surface area contributed by atoms with Gasteiger partial charge >= 0.3 is 0 Å². The Kier molecular flexibility index (Phi) is 7.34. The molecular weight excluding hydrogens is 472 g/mol. The summed E-state index contributed by atoms with van der Waals surface area (Å²) < 4.78 is 6.98. The third-order valence-corrected chi connectivity index (χ3v) is 7.41. The smallest absolute Gasteiger partial charge is 0.132 e. The number of ether oxygens (including phenoxy) is 1. The van der Waals surface area contributed by atoms with Crippen LogP contribution in [0.1, 0.15) is 16.7 Å². The molecule has 0 saturated carbocycles. The predicted octanol–water partition coefficient (Wildman–Crippen LogP) is 3.78. The van der Waals surface area contributed by atoms with Crippen molar-refractivity contribution in [2.45, 2.75) is 19.1 Å². The molecule has 0 aliphatic carbocycles. The number of aliphatic hydroxyl groups is 1. The number of benzene rings is 2. The molecule has 2 N–H and O–H groups in total. The van der Waals surface area contributed by atoms with Gasteiger partial charge < -0.3 is 9.84 Å². The lowest BCUT2D eigenvalue weighted by Gasteiger charge is -2.35. The summed E-state index contributed by atoms with van der Waals surface area (Å²) >= 11 is 7.97. The Morgan fingerprint density at radius 1 is 1.21 bits per heavy atom. The molecule has 0 amide bonds. The molecule has 3 aromatic rings. The second-order valence-electron chi connectivity index (χ2n) is 8.76. The van der Waals surface area contributed by atoms with E-state index in [1.165, 1.54) is 0 Å². The average Bonchev–Trinajstić information content (AvgIpc) is 3.44. The molecule has 1 unspecified atom stereocenters. The fourth-order valence-electron chi connectivity index (χ4n) is 4.36. The molecule has 34 heavy (non-hydrogen) atoms. The van der Waals surface area contributed by atoms with Gasteiger partial charge in [-0.25, -0.2) is 4.98 Å². The van der Waals surface area contributed by atoms with Crippen LogP contribution >= 0.6 is 22.9 Å². The van der Waals surface area contributed by atoms with Gasteiger partial charge in [-0.1, -0.05) is 29.8 Å². The molecule has 2 atom stereocenters. The van der Waals surface area contributed by atoms with Gasteiger partial charge in [-0.15, -0.1) is 11.3 Å². The van der Waals surface area contributed by atoms with Gasteiger partial charge in [-0.2, -0.15) is 0 Å². The third kappa shape index (κ3) is 5.71. The number of thiazole rings is 1. The van der Waals surface area contributed by atoms with Crippen LogP contribution in [0.3, 0.4) is 0 Å². The van der Waals surface area contributed by atoms with Crippen molar-refractivity contribution in [1.29, 1.82) is 0 Å². The average molecular weight is 501 g/mol. The zero-order chi connectivity index (χ0) is 23.5. The summed E-state index contributed by atoms with van der Waals surface area (Å²) in [6.45, 7) is 7.36. The Labute approximate surface area is 208 Å². The highest BCUT2D eigenvalue weighted by Crippen LogP contribution is 2.30. The summed E-state index contributed by atoms with van der Waals surface area (Å²) in [5.74, 6) is 0.747. The highest BCUT2D eigenvalue weighted by molar-refractivity contribution is 7.18. The van der Waals surface area contributed by atoms with Crippen LogP contribution in [0.5, 0.6) is 5.75 Å². The summed E-state index contributed by atoms with van der Waals surface area (Å²) in [7, 11) is 0. The van der Waals surface area contributed by atoms with Gasteiger partial charge in [-0.3, -0.25) is 20.1 Å². The van der Waals surface area contributed by atoms with Gasteiger partial charge in [0.1, 0.15) is 24.6 Å². The molecule has 2 aliphatic rings. The number of halogens is 1. The number of rotatable bonds is 8. The fourth-order valence-corrected chi connectivity index (χ4v) is 5.41. The lowest BCUT2D eigenvalue weighted by atomic mass is 10.1. The van der Waals surface area contributed by atoms with Crippen molar-refractivity contribution in [1.82, 2.24) is 20.3 Å². The fraction of sp³-hybridized carbons (Fsp3) is 0.400. The number of hydrogen-bond acceptors (Lipinski definition) is 8. The summed E-state index contributed by atoms with van der Waals surface area (Å²) in [5.41, 5.74) is 6.02. The monoisotopic (exact) mass is 500 g/mol. The van der Waals surface area contributed by atoms with Crippen molar-refractivity contribution in [2.75, 3.05) is 45.9 Å². The minimum Gasteiger partial charge on any atom is -0.491 e. The van der Waals surface area contributed by atoms with Gasteiger partial charge in [0, 0.05) is 55.9 Å². The Morgan fingerprint density at radius 2 is 2.00 bits per heavy atom. The van der Waals surface area contributed by atoms with Gasteiger partial charge in [-0.05, 0) is 31.2 Å². The van der Waals surface area contributed by atoms with E-state index in [1.807, 2.05) is 49.4 Å². The van der Waals surface area contributed by atoms with Crippen LogP contribution in [0.4, 0.5) is 0 Å². The van der Waals surface area contributed by atoms with Crippen LogP contribution in [0.2, 0.25) is 5.02 Å². The number of aliphatic hydroxyl groups excluding tert-OH is 1. The van der Waals surface area contributed by atoms with E-state index < -0.39 is 6.10 Å². The Morgan fingerprint density at radius 3 is 2.82 bits per heavy atom. The first kappa shape index (κ1) is 23.5. The van der Waals surface area contributed by atoms with Gasteiger partial charge in [0.2, 0.25) is 0 Å². The zero-order valence-corrected chi connectivity index (χ0v) is 20.7. The van der Waals surface area contributed by atoms with E-state index in [0.29, 0.717) is 11.6 Å². The standard InChI is InChI=1S/C25H29ClN4O3S/c1-17-27-23-13-20(6-7-25(23)34-17)32-16-19(31)15-30-10-8-29(9-11-30)14-18-12-24(33-28-18)21-4-2-3-5-22(21)26/h2-7,12-13,19,24,28,31H,8-11,14-16H2,1H3/t19-,24?/m1/s1. The SMILES string of the molecule is Cc1nc2cc(OC[C@H](O)CN3CCN(CC4=CC(c5ccccc5Cl)ON4)CC3)ccc2s1. The van der Waals surface area contributed by atoms with Crippen LogP contribution in [0.15, 0.2) is 54.2 Å². The van der Waals surface area contributed by atoms with E-state index in [9.17, 15) is 5.11 Å². The second-order valence-corrected chi connectivity index (χ2v) is 10.4. The largest absolute Gasteiger partial charge is 0.491 e. The van der Waals surface area contributed by atoms with E-state index >= 15 is 0 Å². The molecule has 9 heteroatoms. The molecule has 3 heterocycles. The maximum atomic E-state index is 10.5. The van der Waals surface area contributed by atoms with Crippen molar-refractivity contribution >= 4 is 33.2 Å². The summed E-state index contributed by atoms with van der Waals surface area (Å²) in [4.78, 5) is 14.9. The third-order valence-electron chi connectivity index (χ3n) is 6.12. The van der Waals surface area contributed by atoms with Gasteiger partial charge in [0.15, 0.2) is 0 Å². The first-order chi connectivity index (χ1) is 16.5. The highest BCUT2D eigenvalue weighted by Gasteiger charge is 2.24. The van der Waals surface area contributed by atoms with Crippen molar-refractivity contribution in [3.8, 4) is 5.75 Å². The molecular formula is C25H29ClN4O3S. The minimum atomic E-state index is -0.539. The van der Waals surface area contributed by atoms with Gasteiger partial charge in [0.25, 0.3) is 0 Å². The van der Waals surface area contributed by atoms with Crippen LogP contribution in [-0.2, 0) is 4.84 Å². The summed E-state index contributed by atoms with van der Waals surface area (Å²) in [6.07, 6.45) is 1.39. The number of nitrogens with one attached hydrogen (secondary N) is 1. The Balaban J connectivity index is 1.05. The number of β-amino-alcohol motifs (C(OH)–C–C–N with tert-alkyl or cyclic N) is 1. The molecule has 180 valence electrons. The van der Waals surface area contributed by atoms with E-state index in [0.717, 1.165) is 65.0 Å². The molecule has 0 radical (unpaired) electrons. The number of aromatic nitrogens is 1. The maximum Gasteiger partial charge on any atom is 0.132 e. The molecule has 5 rings (SSSR count). The number of hydrogen-bond donors (Lipinski definition) is 2. The molecule has 2 aliphatic heterocycles. The molecule has 2 aromatic carbocycles. The number of nitrogens with zero attached hydrogens (tertiary/aromatic N) is 3. The Bertz CT molecular complexity index is 1160. The van der Waals surface area contributed by atoms with Crippen molar-refractivity contribution in [3.63, 3.8) is 0 Å². The van der Waals surface area contributed by atoms with Crippen LogP contribution in [-0.4, -0.2) is 71.9 Å². The molecule has 7 nitrogen and oxygen atoms in total. The zero-order valence-electron chi connectivity index (χ0n) is 19.1. The Hall–Kier alpha value is -2.20. The van der Waals surface area contributed by atoms with E-state index in [-0.39, 0.29) is 12.7 Å². The summed E-state index contributed by atoms with van der Waals surface area (Å²) in [5, 5.41) is 12.2. The molecule has 0 spiro atoms. The second kappa shape index (κ2) is 10.6. The topological polar surface area (TPSA) is 70.1 Å². The lowest BCUT2D eigenvalue weighted by Crippen LogP contribution is -2.49. The van der Waals surface area contributed by atoms with Crippen LogP contribution in [0.25, 0.3) is 10.2 Å². The number of aryl methyl sites for hydroxylation is 1. The highest BCUT2D eigenvalue weighted by atomic mass is 35.5. The van der Waals surface area contributed by atoms with E-state index in [1.54, 1.807) is 11.3 Å². The maximum absolute atomic E-state index is 10.5. The van der Waals surface area contributed by atoms with Crippen LogP contribution in [0, 0.1) is 6.92 Å². The normalized spacial score (nSPS) is 20.3. The molecule has 1 saturated heterocycles. The lowest BCUT2D eigenvalue weighted by molar-refractivity contribution is 0.0328. The first-order valence-electron chi connectivity index (χ1n) is 11.5. The molecule has 0 bridgehead atoms.